The molecule has 19 heavy (non-hydrogen) atoms. The molecule has 0 aliphatic carbocycles. The van der Waals surface area contributed by atoms with Crippen molar-refractivity contribution < 1.29 is 23.5 Å². The Morgan fingerprint density at radius 1 is 1.42 bits per heavy atom. The lowest BCUT2D eigenvalue weighted by Crippen LogP contribution is -2.06. The van der Waals surface area contributed by atoms with Crippen molar-refractivity contribution in [2.45, 2.75) is 18.4 Å². The van der Waals surface area contributed by atoms with Gasteiger partial charge in [-0.25, -0.2) is 4.39 Å². The van der Waals surface area contributed by atoms with E-state index in [2.05, 4.69) is 20.7 Å². The Bertz CT molecular complexity index is 493. The van der Waals surface area contributed by atoms with Crippen LogP contribution in [0.5, 0.6) is 0 Å². The lowest BCUT2D eigenvalue weighted by atomic mass is 10.2. The summed E-state index contributed by atoms with van der Waals surface area (Å²) >= 11 is 4.30. The van der Waals surface area contributed by atoms with Crippen molar-refractivity contribution in [1.82, 2.24) is 0 Å². The van der Waals surface area contributed by atoms with E-state index in [-0.39, 0.29) is 17.9 Å². The van der Waals surface area contributed by atoms with Crippen molar-refractivity contribution in [3.63, 3.8) is 0 Å². The van der Waals surface area contributed by atoms with Crippen LogP contribution in [0.4, 0.5) is 4.39 Å². The van der Waals surface area contributed by atoms with Gasteiger partial charge in [-0.3, -0.25) is 9.59 Å². The summed E-state index contributed by atoms with van der Waals surface area (Å²) in [6, 6.07) is 2.94. The molecule has 1 rings (SSSR count). The number of esters is 2. The maximum absolute atomic E-state index is 13.8. The molecule has 0 saturated carbocycles. The Morgan fingerprint density at radius 2 is 2.11 bits per heavy atom. The summed E-state index contributed by atoms with van der Waals surface area (Å²) in [6.07, 6.45) is 0. The first-order chi connectivity index (χ1) is 8.93. The summed E-state index contributed by atoms with van der Waals surface area (Å²) in [4.78, 5) is 22.4. The number of ether oxygens (including phenoxy) is 2. The Balaban J connectivity index is 2.92. The second kappa shape index (κ2) is 7.49. The third-order valence-corrected chi connectivity index (χ3v) is 3.63. The molecule has 104 valence electrons. The molecule has 0 unspecified atom stereocenters. The topological polar surface area (TPSA) is 52.6 Å². The van der Waals surface area contributed by atoms with E-state index in [9.17, 15) is 14.0 Å². The maximum Gasteiger partial charge on any atom is 0.315 e. The molecule has 0 aromatic heterocycles. The van der Waals surface area contributed by atoms with Crippen LogP contribution < -0.4 is 0 Å². The zero-order chi connectivity index (χ0) is 14.4. The molecule has 4 nitrogen and oxygen atoms in total. The smallest absolute Gasteiger partial charge is 0.315 e. The second-order valence-corrected chi connectivity index (χ2v) is 5.44. The van der Waals surface area contributed by atoms with Crippen molar-refractivity contribution >= 4 is 39.6 Å². The normalized spacial score (nSPS) is 10.1. The van der Waals surface area contributed by atoms with Gasteiger partial charge in [0.1, 0.15) is 12.4 Å². The van der Waals surface area contributed by atoms with E-state index in [0.717, 1.165) is 11.8 Å². The molecule has 0 bridgehead atoms. The molecular weight excluding hydrogens is 339 g/mol. The van der Waals surface area contributed by atoms with Crippen LogP contribution >= 0.6 is 27.7 Å². The lowest BCUT2D eigenvalue weighted by Gasteiger charge is -2.11. The van der Waals surface area contributed by atoms with Gasteiger partial charge in [0.2, 0.25) is 0 Å². The van der Waals surface area contributed by atoms with E-state index in [1.54, 1.807) is 6.07 Å². The Kier molecular flexibility index (Phi) is 6.30. The molecule has 0 N–H and O–H groups in total. The Labute approximate surface area is 122 Å². The predicted molar refractivity (Wildman–Crippen MR) is 72.3 cm³/mol. The molecule has 0 aliphatic rings. The molecule has 1 aromatic carbocycles. The summed E-state index contributed by atoms with van der Waals surface area (Å²) in [5.41, 5.74) is 0.243. The molecule has 0 fully saturated rings. The number of rotatable bonds is 5. The lowest BCUT2D eigenvalue weighted by molar-refractivity contribution is -0.142. The highest BCUT2D eigenvalue weighted by Crippen LogP contribution is 2.29. The van der Waals surface area contributed by atoms with Crippen LogP contribution in [0.2, 0.25) is 0 Å². The van der Waals surface area contributed by atoms with Gasteiger partial charge >= 0.3 is 11.9 Å². The van der Waals surface area contributed by atoms with E-state index in [0.29, 0.717) is 9.37 Å². The zero-order valence-electron chi connectivity index (χ0n) is 10.4. The number of carbonyl (C=O) groups is 2. The van der Waals surface area contributed by atoms with Gasteiger partial charge in [0, 0.05) is 21.9 Å². The number of halogens is 2. The van der Waals surface area contributed by atoms with Gasteiger partial charge in [-0.05, 0) is 12.1 Å². The highest BCUT2D eigenvalue weighted by molar-refractivity contribution is 9.10. The minimum atomic E-state index is -0.497. The van der Waals surface area contributed by atoms with Crippen molar-refractivity contribution in [3.05, 3.63) is 28.0 Å². The van der Waals surface area contributed by atoms with E-state index in [1.165, 1.54) is 20.1 Å². The molecule has 0 saturated heterocycles. The first-order valence-electron chi connectivity index (χ1n) is 5.25. The average Bonchev–Trinajstić information content (AvgIpc) is 2.34. The fraction of sp³-hybridized carbons (Fsp3) is 0.333. The Morgan fingerprint density at radius 3 is 2.68 bits per heavy atom. The average molecular weight is 351 g/mol. The van der Waals surface area contributed by atoms with Crippen LogP contribution in [0.1, 0.15) is 12.5 Å². The quantitative estimate of drug-likeness (QED) is 0.603. The number of methoxy groups -OCH3 is 1. The van der Waals surface area contributed by atoms with Crippen LogP contribution in [-0.2, 0) is 25.7 Å². The standard InChI is InChI=1S/C12H12BrFO4S/c1-7(15)18-5-9-10(14)3-8(13)4-11(9)19-6-12(16)17-2/h3-4H,5-6H2,1-2H3. The van der Waals surface area contributed by atoms with Crippen LogP contribution in [0.25, 0.3) is 0 Å². The molecular formula is C12H12BrFO4S. The first kappa shape index (κ1) is 16.0. The largest absolute Gasteiger partial charge is 0.468 e. The van der Waals surface area contributed by atoms with E-state index in [1.807, 2.05) is 0 Å². The molecule has 0 amide bonds. The third-order valence-electron chi connectivity index (χ3n) is 2.11. The van der Waals surface area contributed by atoms with E-state index < -0.39 is 17.8 Å². The molecule has 0 aliphatic heterocycles. The number of thioether (sulfide) groups is 1. The Hall–Kier alpha value is -1.08. The van der Waals surface area contributed by atoms with Crippen LogP contribution in [0, 0.1) is 5.82 Å². The summed E-state index contributed by atoms with van der Waals surface area (Å²) < 4.78 is 23.7. The molecule has 0 atom stereocenters. The SMILES string of the molecule is COC(=O)CSc1cc(Br)cc(F)c1COC(C)=O. The molecule has 7 heteroatoms. The number of carbonyl (C=O) groups excluding carboxylic acids is 2. The van der Waals surface area contributed by atoms with Gasteiger partial charge in [-0.15, -0.1) is 11.8 Å². The van der Waals surface area contributed by atoms with Gasteiger partial charge in [-0.2, -0.15) is 0 Å². The number of benzene rings is 1. The third kappa shape index (κ3) is 5.20. The highest BCUT2D eigenvalue weighted by atomic mass is 79.9. The fourth-order valence-electron chi connectivity index (χ4n) is 1.22. The van der Waals surface area contributed by atoms with Gasteiger partial charge in [0.15, 0.2) is 0 Å². The van der Waals surface area contributed by atoms with E-state index >= 15 is 0 Å². The summed E-state index contributed by atoms with van der Waals surface area (Å²) in [5, 5.41) is 0. The fourth-order valence-corrected chi connectivity index (χ4v) is 2.73. The van der Waals surface area contributed by atoms with Gasteiger partial charge in [0.25, 0.3) is 0 Å². The van der Waals surface area contributed by atoms with Crippen molar-refractivity contribution in [1.29, 1.82) is 0 Å². The molecule has 1 aromatic rings. The van der Waals surface area contributed by atoms with Crippen molar-refractivity contribution in [2.75, 3.05) is 12.9 Å². The van der Waals surface area contributed by atoms with Crippen molar-refractivity contribution in [2.24, 2.45) is 0 Å². The summed E-state index contributed by atoms with van der Waals surface area (Å²) in [5.74, 6) is -1.35. The maximum atomic E-state index is 13.8. The highest BCUT2D eigenvalue weighted by Gasteiger charge is 2.14. The van der Waals surface area contributed by atoms with Crippen molar-refractivity contribution in [3.8, 4) is 0 Å². The van der Waals surface area contributed by atoms with E-state index in [4.69, 9.17) is 4.74 Å². The summed E-state index contributed by atoms with van der Waals surface area (Å²) in [7, 11) is 1.28. The zero-order valence-corrected chi connectivity index (χ0v) is 12.8. The minimum absolute atomic E-state index is 0.0550. The molecule has 0 radical (unpaired) electrons. The summed E-state index contributed by atoms with van der Waals surface area (Å²) in [6.45, 7) is 1.08. The predicted octanol–water partition coefficient (Wildman–Crippen LogP) is 2.92. The van der Waals surface area contributed by atoms with Gasteiger partial charge in [0.05, 0.1) is 12.9 Å². The molecule has 0 spiro atoms. The second-order valence-electron chi connectivity index (χ2n) is 3.51. The first-order valence-corrected chi connectivity index (χ1v) is 7.02. The van der Waals surface area contributed by atoms with Gasteiger partial charge < -0.3 is 9.47 Å². The molecule has 0 heterocycles. The number of hydrogen-bond acceptors (Lipinski definition) is 5. The van der Waals surface area contributed by atoms with Crippen LogP contribution in [-0.4, -0.2) is 24.8 Å². The minimum Gasteiger partial charge on any atom is -0.468 e. The monoisotopic (exact) mass is 350 g/mol. The number of hydrogen-bond donors (Lipinski definition) is 0. The van der Waals surface area contributed by atoms with Crippen LogP contribution in [0.15, 0.2) is 21.5 Å². The van der Waals surface area contributed by atoms with Crippen LogP contribution in [0.3, 0.4) is 0 Å². The van der Waals surface area contributed by atoms with Gasteiger partial charge in [-0.1, -0.05) is 15.9 Å².